The Morgan fingerprint density at radius 3 is 2.61 bits per heavy atom. The molecular formula is C13H14FNO3. The Hall–Kier alpha value is -1.75. The van der Waals surface area contributed by atoms with Gasteiger partial charge in [0, 0.05) is 6.54 Å². The van der Waals surface area contributed by atoms with Crippen LogP contribution in [-0.2, 0) is 4.79 Å². The van der Waals surface area contributed by atoms with Gasteiger partial charge >= 0.3 is 0 Å². The van der Waals surface area contributed by atoms with Crippen molar-refractivity contribution in [2.45, 2.75) is 25.9 Å². The van der Waals surface area contributed by atoms with Gasteiger partial charge in [-0.1, -0.05) is 6.07 Å². The number of amides is 1. The molecule has 1 aliphatic heterocycles. The van der Waals surface area contributed by atoms with E-state index in [0.29, 0.717) is 0 Å². The van der Waals surface area contributed by atoms with Gasteiger partial charge in [-0.2, -0.15) is 0 Å². The van der Waals surface area contributed by atoms with Crippen LogP contribution in [0, 0.1) is 5.82 Å². The zero-order valence-electron chi connectivity index (χ0n) is 10.2. The Labute approximate surface area is 104 Å². The van der Waals surface area contributed by atoms with Gasteiger partial charge in [0.25, 0.3) is 11.7 Å². The summed E-state index contributed by atoms with van der Waals surface area (Å²) in [4.78, 5) is 24.5. The third-order valence-electron chi connectivity index (χ3n) is 2.89. The molecule has 2 rings (SSSR count). The van der Waals surface area contributed by atoms with E-state index in [1.54, 1.807) is 13.8 Å². The van der Waals surface area contributed by atoms with Gasteiger partial charge in [0.15, 0.2) is 0 Å². The predicted molar refractivity (Wildman–Crippen MR) is 64.0 cm³/mol. The Morgan fingerprint density at radius 1 is 1.33 bits per heavy atom. The molecule has 1 aromatic rings. The first-order valence-electron chi connectivity index (χ1n) is 5.68. The maximum atomic E-state index is 13.7. The number of fused-ring (bicyclic) bond motifs is 1. The molecule has 0 spiro atoms. The van der Waals surface area contributed by atoms with Crippen LogP contribution in [0.25, 0.3) is 0 Å². The number of rotatable bonds is 3. The summed E-state index contributed by atoms with van der Waals surface area (Å²) >= 11 is 0. The van der Waals surface area contributed by atoms with Crippen LogP contribution in [0.1, 0.15) is 30.6 Å². The van der Waals surface area contributed by atoms with Gasteiger partial charge in [-0.3, -0.25) is 9.59 Å². The summed E-state index contributed by atoms with van der Waals surface area (Å²) in [6, 6.07) is 4.05. The molecule has 0 atom stereocenters. The second kappa shape index (κ2) is 4.17. The molecule has 0 fully saturated rings. The van der Waals surface area contributed by atoms with Crippen LogP contribution >= 0.6 is 0 Å². The van der Waals surface area contributed by atoms with E-state index >= 15 is 0 Å². The van der Waals surface area contributed by atoms with E-state index in [9.17, 15) is 19.1 Å². The molecule has 0 saturated heterocycles. The molecule has 18 heavy (non-hydrogen) atoms. The van der Waals surface area contributed by atoms with Crippen LogP contribution < -0.4 is 4.90 Å². The first-order chi connectivity index (χ1) is 8.31. The fourth-order valence-corrected chi connectivity index (χ4v) is 1.91. The second-order valence-corrected chi connectivity index (χ2v) is 4.98. The maximum Gasteiger partial charge on any atom is 0.299 e. The topological polar surface area (TPSA) is 57.6 Å². The van der Waals surface area contributed by atoms with Gasteiger partial charge in [0.2, 0.25) is 0 Å². The molecule has 1 heterocycles. The van der Waals surface area contributed by atoms with Crippen LogP contribution in [0.2, 0.25) is 0 Å². The molecule has 0 bridgehead atoms. The lowest BCUT2D eigenvalue weighted by molar-refractivity contribution is -0.114. The van der Waals surface area contributed by atoms with Crippen molar-refractivity contribution in [2.75, 3.05) is 11.4 Å². The average molecular weight is 251 g/mol. The molecule has 1 aliphatic rings. The first-order valence-corrected chi connectivity index (χ1v) is 5.68. The number of halogens is 1. The van der Waals surface area contributed by atoms with Crippen molar-refractivity contribution in [3.05, 3.63) is 29.6 Å². The summed E-state index contributed by atoms with van der Waals surface area (Å²) in [5.41, 5.74) is -0.857. The normalized spacial score (nSPS) is 15.2. The van der Waals surface area contributed by atoms with Crippen molar-refractivity contribution in [3.63, 3.8) is 0 Å². The van der Waals surface area contributed by atoms with Gasteiger partial charge in [0.1, 0.15) is 5.82 Å². The number of nitrogens with zero attached hydrogens (tertiary/aromatic N) is 1. The number of benzene rings is 1. The number of para-hydroxylation sites is 1. The lowest BCUT2D eigenvalue weighted by Crippen LogP contribution is -2.35. The average Bonchev–Trinajstić information content (AvgIpc) is 2.51. The van der Waals surface area contributed by atoms with E-state index in [4.69, 9.17) is 0 Å². The van der Waals surface area contributed by atoms with Gasteiger partial charge in [0.05, 0.1) is 16.9 Å². The summed E-state index contributed by atoms with van der Waals surface area (Å²) in [5, 5.41) is 9.63. The summed E-state index contributed by atoms with van der Waals surface area (Å²) in [5.74, 6) is -2.03. The molecule has 0 unspecified atom stereocenters. The highest BCUT2D eigenvalue weighted by atomic mass is 19.1. The van der Waals surface area contributed by atoms with Gasteiger partial charge in [-0.05, 0) is 32.4 Å². The first kappa shape index (κ1) is 12.7. The fraction of sp³-hybridized carbons (Fsp3) is 0.385. The summed E-state index contributed by atoms with van der Waals surface area (Å²) in [7, 11) is 0. The maximum absolute atomic E-state index is 13.7. The smallest absolute Gasteiger partial charge is 0.299 e. The number of hydrogen-bond acceptors (Lipinski definition) is 3. The molecule has 0 aromatic heterocycles. The minimum Gasteiger partial charge on any atom is -0.390 e. The molecule has 4 nitrogen and oxygen atoms in total. The van der Waals surface area contributed by atoms with E-state index in [1.165, 1.54) is 18.2 Å². The van der Waals surface area contributed by atoms with E-state index in [-0.39, 0.29) is 24.2 Å². The lowest BCUT2D eigenvalue weighted by Gasteiger charge is -2.22. The molecule has 1 N–H and O–H groups in total. The minimum atomic E-state index is -0.975. The van der Waals surface area contributed by atoms with E-state index in [2.05, 4.69) is 0 Å². The van der Waals surface area contributed by atoms with E-state index in [0.717, 1.165) is 4.90 Å². The number of carbonyl (C=O) groups excluding carboxylic acids is 2. The number of hydrogen-bond donors (Lipinski definition) is 1. The molecule has 0 aliphatic carbocycles. The van der Waals surface area contributed by atoms with Gasteiger partial charge in [-0.25, -0.2) is 4.39 Å². The Kier molecular flexibility index (Phi) is 2.94. The van der Waals surface area contributed by atoms with Crippen LogP contribution in [0.5, 0.6) is 0 Å². The SMILES string of the molecule is CC(C)(O)CCN1C(=O)C(=O)c2cccc(F)c21. The monoisotopic (exact) mass is 251 g/mol. The van der Waals surface area contributed by atoms with Crippen molar-refractivity contribution in [1.29, 1.82) is 0 Å². The van der Waals surface area contributed by atoms with Crippen LogP contribution in [0.4, 0.5) is 10.1 Å². The Bertz CT molecular complexity index is 519. The van der Waals surface area contributed by atoms with Crippen LogP contribution in [-0.4, -0.2) is 28.9 Å². The zero-order chi connectivity index (χ0) is 13.5. The van der Waals surface area contributed by atoms with Crippen molar-refractivity contribution >= 4 is 17.4 Å². The number of carbonyl (C=O) groups is 2. The number of anilines is 1. The van der Waals surface area contributed by atoms with Crippen LogP contribution in [0.15, 0.2) is 18.2 Å². The van der Waals surface area contributed by atoms with Crippen molar-refractivity contribution in [2.24, 2.45) is 0 Å². The highest BCUT2D eigenvalue weighted by Crippen LogP contribution is 2.32. The lowest BCUT2D eigenvalue weighted by atomic mass is 10.1. The Balaban J connectivity index is 2.34. The standard InChI is InChI=1S/C13H14FNO3/c1-13(2,18)6-7-15-10-8(11(16)12(15)17)4-3-5-9(10)14/h3-5,18H,6-7H2,1-2H3. The van der Waals surface area contributed by atoms with Crippen molar-refractivity contribution < 1.29 is 19.1 Å². The molecule has 1 aromatic carbocycles. The summed E-state index contributed by atoms with van der Waals surface area (Å²) in [6.45, 7) is 3.30. The molecular weight excluding hydrogens is 237 g/mol. The number of ketones is 1. The van der Waals surface area contributed by atoms with Gasteiger partial charge in [-0.15, -0.1) is 0 Å². The zero-order valence-corrected chi connectivity index (χ0v) is 10.2. The third kappa shape index (κ3) is 2.13. The second-order valence-electron chi connectivity index (χ2n) is 4.98. The van der Waals surface area contributed by atoms with E-state index < -0.39 is 23.1 Å². The molecule has 0 radical (unpaired) electrons. The highest BCUT2D eigenvalue weighted by Gasteiger charge is 2.38. The van der Waals surface area contributed by atoms with E-state index in [1.807, 2.05) is 0 Å². The van der Waals surface area contributed by atoms with Crippen molar-refractivity contribution in [3.8, 4) is 0 Å². The van der Waals surface area contributed by atoms with Gasteiger partial charge < -0.3 is 10.0 Å². The molecule has 5 heteroatoms. The Morgan fingerprint density at radius 2 is 2.00 bits per heavy atom. The summed E-state index contributed by atoms with van der Waals surface area (Å²) in [6.07, 6.45) is 0.264. The predicted octanol–water partition coefficient (Wildman–Crippen LogP) is 1.52. The molecule has 1 amide bonds. The largest absolute Gasteiger partial charge is 0.390 e. The number of aliphatic hydroxyl groups is 1. The third-order valence-corrected chi connectivity index (χ3v) is 2.89. The minimum absolute atomic E-state index is 0.0248. The summed E-state index contributed by atoms with van der Waals surface area (Å²) < 4.78 is 13.7. The molecule has 96 valence electrons. The number of Topliss-reactive ketones (excluding diaryl/α,β-unsaturated/α-hetero) is 1. The highest BCUT2D eigenvalue weighted by molar-refractivity contribution is 6.52. The quantitative estimate of drug-likeness (QED) is 0.828. The van der Waals surface area contributed by atoms with Crippen LogP contribution in [0.3, 0.4) is 0 Å². The van der Waals surface area contributed by atoms with Crippen molar-refractivity contribution in [1.82, 2.24) is 0 Å². The fourth-order valence-electron chi connectivity index (χ4n) is 1.91. The molecule has 0 saturated carbocycles.